The minimum absolute atomic E-state index is 0.00861. The van der Waals surface area contributed by atoms with Gasteiger partial charge >= 0.3 is 5.97 Å². The first kappa shape index (κ1) is 11.5. The molecule has 0 unspecified atom stereocenters. The quantitative estimate of drug-likeness (QED) is 0.307. The number of allylic oxidation sites excluding steroid dienone is 2. The summed E-state index contributed by atoms with van der Waals surface area (Å²) in [4.78, 5) is 22.8. The van der Waals surface area contributed by atoms with Crippen molar-refractivity contribution in [3.05, 3.63) is 36.0 Å². The minimum Gasteiger partial charge on any atom is -0.458 e. The second-order valence-corrected chi connectivity index (χ2v) is 5.39. The molecular weight excluding hydrogens is 228 g/mol. The molecule has 0 radical (unpaired) electrons. The summed E-state index contributed by atoms with van der Waals surface area (Å²) in [5, 5.41) is 0. The first-order chi connectivity index (χ1) is 8.63. The Morgan fingerprint density at radius 3 is 2.83 bits per heavy atom. The number of ether oxygens (including phenoxy) is 1. The molecule has 1 saturated carbocycles. The van der Waals surface area contributed by atoms with Crippen molar-refractivity contribution >= 4 is 12.3 Å². The first-order valence-electron chi connectivity index (χ1n) is 6.36. The monoisotopic (exact) mass is 244 g/mol. The topological polar surface area (TPSA) is 43.4 Å². The molecule has 4 atom stereocenters. The molecular formula is C15H16O3. The van der Waals surface area contributed by atoms with Crippen molar-refractivity contribution in [2.24, 2.45) is 17.8 Å². The molecule has 18 heavy (non-hydrogen) atoms. The molecule has 1 saturated heterocycles. The van der Waals surface area contributed by atoms with E-state index in [2.05, 4.69) is 13.2 Å². The van der Waals surface area contributed by atoms with Gasteiger partial charge in [0.05, 0.1) is 0 Å². The Bertz CT molecular complexity index is 486. The van der Waals surface area contributed by atoms with E-state index in [-0.39, 0.29) is 29.8 Å². The number of carbonyl (C=O) groups excluding carboxylic acids is 2. The zero-order valence-corrected chi connectivity index (χ0v) is 10.2. The van der Waals surface area contributed by atoms with Gasteiger partial charge in [0.2, 0.25) is 0 Å². The summed E-state index contributed by atoms with van der Waals surface area (Å²) in [7, 11) is 0. The Hall–Kier alpha value is -1.64. The molecule has 0 aromatic carbocycles. The molecule has 3 rings (SSSR count). The van der Waals surface area contributed by atoms with Crippen LogP contribution < -0.4 is 0 Å². The standard InChI is InChI=1S/C15H16O3/c1-8-3-5-12-9(2)15(17)18-14(12)13-10(7-16)4-6-11(8)13/h4,7,11-14H,1-3,5-6H2/t11-,12-,13-,14-/m0/s1. The molecule has 2 aliphatic carbocycles. The molecule has 3 aliphatic rings. The highest BCUT2D eigenvalue weighted by atomic mass is 16.6. The minimum atomic E-state index is -0.298. The maximum Gasteiger partial charge on any atom is 0.334 e. The van der Waals surface area contributed by atoms with Crippen LogP contribution in [0.1, 0.15) is 19.3 Å². The molecule has 3 nitrogen and oxygen atoms in total. The summed E-state index contributed by atoms with van der Waals surface area (Å²) in [6.45, 7) is 7.98. The van der Waals surface area contributed by atoms with Crippen molar-refractivity contribution in [1.82, 2.24) is 0 Å². The van der Waals surface area contributed by atoms with E-state index in [1.165, 1.54) is 5.57 Å². The Labute approximate surface area is 106 Å². The molecule has 0 bridgehead atoms. The van der Waals surface area contributed by atoms with Gasteiger partial charge in [0, 0.05) is 17.4 Å². The lowest BCUT2D eigenvalue weighted by molar-refractivity contribution is -0.141. The molecule has 0 amide bonds. The Balaban J connectivity index is 2.02. The van der Waals surface area contributed by atoms with Crippen molar-refractivity contribution in [3.63, 3.8) is 0 Å². The van der Waals surface area contributed by atoms with Crippen LogP contribution in [0.15, 0.2) is 36.0 Å². The third kappa shape index (κ3) is 1.43. The highest BCUT2D eigenvalue weighted by Gasteiger charge is 2.50. The second kappa shape index (κ2) is 3.94. The third-order valence-corrected chi connectivity index (χ3v) is 4.57. The van der Waals surface area contributed by atoms with E-state index in [0.717, 1.165) is 31.1 Å². The van der Waals surface area contributed by atoms with Gasteiger partial charge in [0.15, 0.2) is 0 Å². The zero-order chi connectivity index (χ0) is 12.9. The summed E-state index contributed by atoms with van der Waals surface area (Å²) in [5.41, 5.74) is 2.50. The lowest BCUT2D eigenvalue weighted by Crippen LogP contribution is -2.30. The fourth-order valence-corrected chi connectivity index (χ4v) is 3.56. The van der Waals surface area contributed by atoms with Gasteiger partial charge in [0.25, 0.3) is 0 Å². The van der Waals surface area contributed by atoms with Crippen LogP contribution >= 0.6 is 0 Å². The molecule has 0 aromatic heterocycles. The first-order valence-corrected chi connectivity index (χ1v) is 6.36. The Morgan fingerprint density at radius 2 is 2.11 bits per heavy atom. The molecule has 1 heterocycles. The lowest BCUT2D eigenvalue weighted by Gasteiger charge is -2.26. The summed E-state index contributed by atoms with van der Waals surface area (Å²) in [5.74, 6) is -0.0105. The van der Waals surface area contributed by atoms with E-state index >= 15 is 0 Å². The average molecular weight is 244 g/mol. The summed E-state index contributed by atoms with van der Waals surface area (Å²) >= 11 is 0. The van der Waals surface area contributed by atoms with Crippen molar-refractivity contribution in [2.75, 3.05) is 0 Å². The maximum atomic E-state index is 11.7. The number of fused-ring (bicyclic) bond motifs is 3. The number of hydrogen-bond donors (Lipinski definition) is 0. The highest BCUT2D eigenvalue weighted by Crippen LogP contribution is 2.49. The van der Waals surface area contributed by atoms with Gasteiger partial charge in [-0.15, -0.1) is 0 Å². The van der Waals surface area contributed by atoms with Gasteiger partial charge in [0.1, 0.15) is 12.4 Å². The Kier molecular flexibility index (Phi) is 2.51. The SMILES string of the molecule is C=C1C(=O)O[C@@H]2[C@H]3C(C=O)=CC[C@H]3C(=C)CC[C@@H]12. The molecule has 0 N–H and O–H groups in total. The number of hydrogen-bond acceptors (Lipinski definition) is 3. The Morgan fingerprint density at radius 1 is 1.33 bits per heavy atom. The second-order valence-electron chi connectivity index (χ2n) is 5.39. The summed E-state index contributed by atoms with van der Waals surface area (Å²) in [6.07, 6.45) is 5.23. The average Bonchev–Trinajstić information content (AvgIpc) is 2.86. The van der Waals surface area contributed by atoms with E-state index in [1.54, 1.807) is 0 Å². The molecule has 3 heteroatoms. The smallest absolute Gasteiger partial charge is 0.334 e. The molecule has 2 fully saturated rings. The van der Waals surface area contributed by atoms with Crippen LogP contribution in [0.25, 0.3) is 0 Å². The molecule has 0 spiro atoms. The van der Waals surface area contributed by atoms with E-state index in [1.807, 2.05) is 6.08 Å². The van der Waals surface area contributed by atoms with Crippen LogP contribution in [0.2, 0.25) is 0 Å². The summed E-state index contributed by atoms with van der Waals surface area (Å²) in [6, 6.07) is 0. The maximum absolute atomic E-state index is 11.7. The fourth-order valence-electron chi connectivity index (χ4n) is 3.56. The predicted octanol–water partition coefficient (Wildman–Crippen LogP) is 2.20. The van der Waals surface area contributed by atoms with Crippen molar-refractivity contribution in [3.8, 4) is 0 Å². The van der Waals surface area contributed by atoms with Crippen LogP contribution in [0.3, 0.4) is 0 Å². The van der Waals surface area contributed by atoms with Crippen LogP contribution in [-0.2, 0) is 14.3 Å². The fraction of sp³-hybridized carbons (Fsp3) is 0.467. The number of rotatable bonds is 1. The molecule has 1 aliphatic heterocycles. The van der Waals surface area contributed by atoms with Gasteiger partial charge in [-0.05, 0) is 30.8 Å². The van der Waals surface area contributed by atoms with Crippen molar-refractivity contribution in [2.45, 2.75) is 25.4 Å². The zero-order valence-electron chi connectivity index (χ0n) is 10.2. The van der Waals surface area contributed by atoms with E-state index in [0.29, 0.717) is 5.57 Å². The van der Waals surface area contributed by atoms with Crippen molar-refractivity contribution in [1.29, 1.82) is 0 Å². The van der Waals surface area contributed by atoms with Crippen LogP contribution in [0.5, 0.6) is 0 Å². The third-order valence-electron chi connectivity index (χ3n) is 4.57. The van der Waals surface area contributed by atoms with Gasteiger partial charge in [-0.1, -0.05) is 24.8 Å². The van der Waals surface area contributed by atoms with Gasteiger partial charge < -0.3 is 4.74 Å². The van der Waals surface area contributed by atoms with Gasteiger partial charge in [-0.25, -0.2) is 4.79 Å². The number of carbonyl (C=O) groups is 2. The van der Waals surface area contributed by atoms with E-state index in [4.69, 9.17) is 4.74 Å². The van der Waals surface area contributed by atoms with Gasteiger partial charge in [-0.2, -0.15) is 0 Å². The number of esters is 1. The molecule has 94 valence electrons. The lowest BCUT2D eigenvalue weighted by atomic mass is 9.80. The largest absolute Gasteiger partial charge is 0.458 e. The molecule has 0 aromatic rings. The van der Waals surface area contributed by atoms with E-state index in [9.17, 15) is 9.59 Å². The van der Waals surface area contributed by atoms with Gasteiger partial charge in [-0.3, -0.25) is 4.79 Å². The van der Waals surface area contributed by atoms with E-state index < -0.39 is 0 Å². The van der Waals surface area contributed by atoms with Crippen LogP contribution in [0.4, 0.5) is 0 Å². The highest BCUT2D eigenvalue weighted by molar-refractivity contribution is 5.91. The van der Waals surface area contributed by atoms with Crippen LogP contribution in [0, 0.1) is 17.8 Å². The normalized spacial score (nSPS) is 38.7. The van der Waals surface area contributed by atoms with Crippen molar-refractivity contribution < 1.29 is 14.3 Å². The number of aldehydes is 1. The predicted molar refractivity (Wildman–Crippen MR) is 66.6 cm³/mol. The summed E-state index contributed by atoms with van der Waals surface area (Å²) < 4.78 is 5.47. The van der Waals surface area contributed by atoms with Crippen LogP contribution in [-0.4, -0.2) is 18.4 Å².